The Morgan fingerprint density at radius 1 is 1.13 bits per heavy atom. The van der Waals surface area contributed by atoms with Gasteiger partial charge in [0.25, 0.3) is 0 Å². The highest BCUT2D eigenvalue weighted by Crippen LogP contribution is 2.48. The van der Waals surface area contributed by atoms with Crippen LogP contribution >= 0.6 is 0 Å². The number of methoxy groups -OCH3 is 1. The molecule has 0 radical (unpaired) electrons. The molecule has 0 saturated heterocycles. The fourth-order valence-electron chi connectivity index (χ4n) is 4.97. The molecule has 38 heavy (non-hydrogen) atoms. The van der Waals surface area contributed by atoms with Crippen molar-refractivity contribution in [2.45, 2.75) is 25.8 Å². The summed E-state index contributed by atoms with van der Waals surface area (Å²) in [5.74, 6) is 1.71. The third-order valence-corrected chi connectivity index (χ3v) is 7.18. The highest BCUT2D eigenvalue weighted by molar-refractivity contribution is 5.98. The number of aryl methyl sites for hydroxylation is 1. The maximum atomic E-state index is 13.1. The molecule has 3 aromatic heterocycles. The third-order valence-electron chi connectivity index (χ3n) is 7.18. The number of hydrogen-bond donors (Lipinski definition) is 2. The maximum absolute atomic E-state index is 13.1. The van der Waals surface area contributed by atoms with Gasteiger partial charge in [-0.1, -0.05) is 36.4 Å². The SMILES string of the molecule is COc1ccc(Cn2cncc2[C@H]2C[C@@H]2C(=O)Nc2cc3cc(-c4ccccc4C)nc(N)c3cn2)cc1. The van der Waals surface area contributed by atoms with E-state index in [4.69, 9.17) is 10.5 Å². The number of rotatable bonds is 7. The number of anilines is 2. The Labute approximate surface area is 220 Å². The lowest BCUT2D eigenvalue weighted by Crippen LogP contribution is -2.16. The average Bonchev–Trinajstić information content (AvgIpc) is 3.60. The molecule has 0 unspecified atom stereocenters. The first-order valence-corrected chi connectivity index (χ1v) is 12.6. The van der Waals surface area contributed by atoms with Crippen LogP contribution in [-0.4, -0.2) is 32.5 Å². The number of pyridine rings is 2. The molecular weight excluding hydrogens is 476 g/mol. The van der Waals surface area contributed by atoms with Crippen molar-refractivity contribution in [1.82, 2.24) is 19.5 Å². The molecule has 6 rings (SSSR count). The van der Waals surface area contributed by atoms with Crippen LogP contribution in [-0.2, 0) is 11.3 Å². The largest absolute Gasteiger partial charge is 0.497 e. The first-order chi connectivity index (χ1) is 18.5. The molecule has 2 atom stereocenters. The first kappa shape index (κ1) is 23.7. The summed E-state index contributed by atoms with van der Waals surface area (Å²) in [5, 5.41) is 4.64. The molecule has 2 aromatic carbocycles. The molecule has 3 N–H and O–H groups in total. The average molecular weight is 505 g/mol. The number of imidazole rings is 1. The van der Waals surface area contributed by atoms with Gasteiger partial charge < -0.3 is 20.4 Å². The molecule has 0 spiro atoms. The number of aromatic nitrogens is 4. The fourth-order valence-corrected chi connectivity index (χ4v) is 4.97. The molecular formula is C30H28N6O2. The smallest absolute Gasteiger partial charge is 0.229 e. The van der Waals surface area contributed by atoms with Crippen LogP contribution in [0, 0.1) is 12.8 Å². The van der Waals surface area contributed by atoms with Crippen molar-refractivity contribution in [3.8, 4) is 17.0 Å². The number of ether oxygens (including phenoxy) is 1. The normalized spacial score (nSPS) is 16.4. The van der Waals surface area contributed by atoms with E-state index in [1.54, 1.807) is 13.3 Å². The number of hydrogen-bond acceptors (Lipinski definition) is 6. The number of nitrogen functional groups attached to an aromatic ring is 1. The van der Waals surface area contributed by atoms with Crippen LogP contribution in [0.4, 0.5) is 11.6 Å². The van der Waals surface area contributed by atoms with E-state index in [0.717, 1.165) is 51.0 Å². The highest BCUT2D eigenvalue weighted by Gasteiger charge is 2.45. The topological polar surface area (TPSA) is 108 Å². The van der Waals surface area contributed by atoms with E-state index in [-0.39, 0.29) is 17.7 Å². The summed E-state index contributed by atoms with van der Waals surface area (Å²) in [4.78, 5) is 26.5. The summed E-state index contributed by atoms with van der Waals surface area (Å²) in [6, 6.07) is 19.9. The Hall–Kier alpha value is -4.72. The Kier molecular flexibility index (Phi) is 5.99. The van der Waals surface area contributed by atoms with Crippen molar-refractivity contribution in [2.24, 2.45) is 5.92 Å². The predicted octanol–water partition coefficient (Wildman–Crippen LogP) is 5.18. The third kappa shape index (κ3) is 4.56. The summed E-state index contributed by atoms with van der Waals surface area (Å²) >= 11 is 0. The van der Waals surface area contributed by atoms with Crippen LogP contribution in [0.15, 0.2) is 79.4 Å². The summed E-state index contributed by atoms with van der Waals surface area (Å²) in [6.07, 6.45) is 6.13. The second kappa shape index (κ2) is 9.63. The monoisotopic (exact) mass is 504 g/mol. The second-order valence-corrected chi connectivity index (χ2v) is 9.73. The van der Waals surface area contributed by atoms with Crippen LogP contribution in [0.25, 0.3) is 22.0 Å². The number of nitrogens with two attached hydrogens (primary N) is 1. The van der Waals surface area contributed by atoms with Gasteiger partial charge in [-0.15, -0.1) is 0 Å². The molecule has 1 saturated carbocycles. The van der Waals surface area contributed by atoms with Gasteiger partial charge in [-0.05, 0) is 54.1 Å². The lowest BCUT2D eigenvalue weighted by molar-refractivity contribution is -0.117. The summed E-state index contributed by atoms with van der Waals surface area (Å²) in [7, 11) is 1.66. The van der Waals surface area contributed by atoms with Crippen LogP contribution in [0.1, 0.15) is 29.2 Å². The number of carbonyl (C=O) groups excluding carboxylic acids is 1. The van der Waals surface area contributed by atoms with Gasteiger partial charge in [-0.3, -0.25) is 4.79 Å². The van der Waals surface area contributed by atoms with Gasteiger partial charge in [0.2, 0.25) is 5.91 Å². The molecule has 1 amide bonds. The number of nitrogens with zero attached hydrogens (tertiary/aromatic N) is 4. The minimum absolute atomic E-state index is 0.0415. The van der Waals surface area contributed by atoms with Crippen molar-refractivity contribution in [1.29, 1.82) is 0 Å². The van der Waals surface area contributed by atoms with Crippen LogP contribution in [0.2, 0.25) is 0 Å². The van der Waals surface area contributed by atoms with E-state index < -0.39 is 0 Å². The quantitative estimate of drug-likeness (QED) is 0.316. The number of amides is 1. The van der Waals surface area contributed by atoms with Gasteiger partial charge in [0.05, 0.1) is 19.1 Å². The number of nitrogens with one attached hydrogen (secondary N) is 1. The molecule has 8 nitrogen and oxygen atoms in total. The van der Waals surface area contributed by atoms with Gasteiger partial charge in [-0.25, -0.2) is 15.0 Å². The van der Waals surface area contributed by atoms with Crippen LogP contribution in [0.5, 0.6) is 5.75 Å². The van der Waals surface area contributed by atoms with Crippen molar-refractivity contribution in [3.05, 3.63) is 96.2 Å². The maximum Gasteiger partial charge on any atom is 0.229 e. The zero-order chi connectivity index (χ0) is 26.2. The van der Waals surface area contributed by atoms with Gasteiger partial charge in [0, 0.05) is 47.4 Å². The Balaban J connectivity index is 1.17. The van der Waals surface area contributed by atoms with Crippen LogP contribution in [0.3, 0.4) is 0 Å². The van der Waals surface area contributed by atoms with Crippen molar-refractivity contribution < 1.29 is 9.53 Å². The van der Waals surface area contributed by atoms with Gasteiger partial charge >= 0.3 is 0 Å². The Morgan fingerprint density at radius 2 is 1.95 bits per heavy atom. The fraction of sp³-hybridized carbons (Fsp3) is 0.200. The van der Waals surface area contributed by atoms with Gasteiger partial charge in [-0.2, -0.15) is 0 Å². The minimum Gasteiger partial charge on any atom is -0.497 e. The van der Waals surface area contributed by atoms with Gasteiger partial charge in [0.15, 0.2) is 0 Å². The van der Waals surface area contributed by atoms with E-state index in [2.05, 4.69) is 24.8 Å². The molecule has 0 aliphatic heterocycles. The predicted molar refractivity (Wildman–Crippen MR) is 148 cm³/mol. The standard InChI is InChI=1S/C30H28N6O2/c1-18-5-3-4-6-22(18)26-11-20-12-28(33-14-25(20)29(31)34-26)35-30(37)24-13-23(24)27-15-32-17-36(27)16-19-7-9-21(38-2)10-8-19/h3-12,14-15,17,23-24H,13,16H2,1-2H3,(H2,31,34)(H,33,35,37)/t23-,24-/m0/s1. The lowest BCUT2D eigenvalue weighted by atomic mass is 10.0. The molecule has 0 bridgehead atoms. The summed E-state index contributed by atoms with van der Waals surface area (Å²) < 4.78 is 7.36. The zero-order valence-electron chi connectivity index (χ0n) is 21.3. The molecule has 3 heterocycles. The Morgan fingerprint density at radius 3 is 2.74 bits per heavy atom. The second-order valence-electron chi connectivity index (χ2n) is 9.73. The van der Waals surface area contributed by atoms with Crippen LogP contribution < -0.4 is 15.8 Å². The molecule has 1 aliphatic carbocycles. The molecule has 8 heteroatoms. The summed E-state index contributed by atoms with van der Waals surface area (Å²) in [5.41, 5.74) is 11.4. The highest BCUT2D eigenvalue weighted by atomic mass is 16.5. The zero-order valence-corrected chi connectivity index (χ0v) is 21.3. The van der Waals surface area contributed by atoms with E-state index >= 15 is 0 Å². The minimum atomic E-state index is -0.121. The van der Waals surface area contributed by atoms with E-state index in [9.17, 15) is 4.79 Å². The van der Waals surface area contributed by atoms with E-state index in [0.29, 0.717) is 18.2 Å². The number of benzene rings is 2. The first-order valence-electron chi connectivity index (χ1n) is 12.6. The lowest BCUT2D eigenvalue weighted by Gasteiger charge is -2.11. The molecule has 1 aliphatic rings. The Bertz CT molecular complexity index is 1640. The van der Waals surface area contributed by atoms with Crippen molar-refractivity contribution >= 4 is 28.3 Å². The molecule has 5 aromatic rings. The summed E-state index contributed by atoms with van der Waals surface area (Å²) in [6.45, 7) is 2.74. The number of fused-ring (bicyclic) bond motifs is 1. The van der Waals surface area contributed by atoms with E-state index in [1.807, 2.05) is 80.1 Å². The molecule has 1 fully saturated rings. The van der Waals surface area contributed by atoms with Gasteiger partial charge in [0.1, 0.15) is 17.4 Å². The number of carbonyl (C=O) groups is 1. The van der Waals surface area contributed by atoms with E-state index in [1.165, 1.54) is 0 Å². The van der Waals surface area contributed by atoms with Crippen molar-refractivity contribution in [3.63, 3.8) is 0 Å². The van der Waals surface area contributed by atoms with Crippen molar-refractivity contribution in [2.75, 3.05) is 18.2 Å². The molecule has 190 valence electrons.